The zero-order valence-corrected chi connectivity index (χ0v) is 12.5. The van der Waals surface area contributed by atoms with E-state index in [1.54, 1.807) is 25.1 Å². The van der Waals surface area contributed by atoms with Crippen LogP contribution in [0.1, 0.15) is 16.1 Å². The quantitative estimate of drug-likeness (QED) is 0.691. The number of nitrogens with zero attached hydrogens (tertiary/aromatic N) is 2. The SMILES string of the molecule is C=C(O)c1sc(-c2cc(C#N)c3ccc(F)cc3c2)nc1C. The van der Waals surface area contributed by atoms with Gasteiger partial charge < -0.3 is 5.11 Å². The Hall–Kier alpha value is -2.71. The number of halogens is 1. The molecule has 3 nitrogen and oxygen atoms in total. The summed E-state index contributed by atoms with van der Waals surface area (Å²) < 4.78 is 13.4. The number of fused-ring (bicyclic) bond motifs is 1. The molecule has 0 aliphatic heterocycles. The monoisotopic (exact) mass is 310 g/mol. The van der Waals surface area contributed by atoms with Crippen molar-refractivity contribution in [3.8, 4) is 16.6 Å². The fourth-order valence-corrected chi connectivity index (χ4v) is 3.27. The van der Waals surface area contributed by atoms with Crippen molar-refractivity contribution < 1.29 is 9.50 Å². The van der Waals surface area contributed by atoms with Gasteiger partial charge in [-0.25, -0.2) is 9.37 Å². The molecule has 0 unspecified atom stereocenters. The highest BCUT2D eigenvalue weighted by molar-refractivity contribution is 7.16. The molecular formula is C17H11FN2OS. The molecule has 0 amide bonds. The van der Waals surface area contributed by atoms with Crippen LogP contribution in [0, 0.1) is 24.1 Å². The van der Waals surface area contributed by atoms with Crippen LogP contribution >= 0.6 is 11.3 Å². The molecule has 1 heterocycles. The van der Waals surface area contributed by atoms with Gasteiger partial charge in [0, 0.05) is 5.56 Å². The number of aromatic nitrogens is 1. The highest BCUT2D eigenvalue weighted by atomic mass is 32.1. The van der Waals surface area contributed by atoms with E-state index >= 15 is 0 Å². The van der Waals surface area contributed by atoms with Crippen molar-refractivity contribution in [2.24, 2.45) is 0 Å². The van der Waals surface area contributed by atoms with Gasteiger partial charge in [0.05, 0.1) is 22.2 Å². The number of hydrogen-bond acceptors (Lipinski definition) is 4. The smallest absolute Gasteiger partial charge is 0.127 e. The second-order valence-corrected chi connectivity index (χ2v) is 5.88. The first kappa shape index (κ1) is 14.2. The standard InChI is InChI=1S/C17H11FN2OS/c1-9-16(10(2)21)22-17(20-9)12-5-11-7-14(18)3-4-15(11)13(6-12)8-19/h3-7,21H,2H2,1H3. The number of hydrogen-bond donors (Lipinski definition) is 1. The average molecular weight is 310 g/mol. The topological polar surface area (TPSA) is 56.9 Å². The van der Waals surface area contributed by atoms with Crippen molar-refractivity contribution >= 4 is 27.9 Å². The van der Waals surface area contributed by atoms with Crippen molar-refractivity contribution in [2.75, 3.05) is 0 Å². The number of aliphatic hydroxyl groups excluding tert-OH is 1. The van der Waals surface area contributed by atoms with Gasteiger partial charge in [-0.05, 0) is 42.0 Å². The summed E-state index contributed by atoms with van der Waals surface area (Å²) in [5, 5.41) is 20.9. The normalized spacial score (nSPS) is 10.6. The molecule has 0 saturated carbocycles. The van der Waals surface area contributed by atoms with E-state index in [1.807, 2.05) is 0 Å². The van der Waals surface area contributed by atoms with E-state index in [9.17, 15) is 14.8 Å². The van der Waals surface area contributed by atoms with E-state index in [-0.39, 0.29) is 11.6 Å². The maximum atomic E-state index is 13.4. The van der Waals surface area contributed by atoms with E-state index < -0.39 is 0 Å². The molecule has 0 saturated heterocycles. The maximum Gasteiger partial charge on any atom is 0.127 e. The number of aryl methyl sites for hydroxylation is 1. The van der Waals surface area contributed by atoms with E-state index in [1.165, 1.54) is 23.5 Å². The third-order valence-electron chi connectivity index (χ3n) is 3.34. The molecule has 0 aliphatic rings. The Bertz CT molecular complexity index is 953. The second kappa shape index (κ2) is 5.24. The largest absolute Gasteiger partial charge is 0.507 e. The Morgan fingerprint density at radius 3 is 2.77 bits per heavy atom. The highest BCUT2D eigenvalue weighted by Gasteiger charge is 2.13. The van der Waals surface area contributed by atoms with Gasteiger partial charge in [-0.1, -0.05) is 12.6 Å². The summed E-state index contributed by atoms with van der Waals surface area (Å²) in [6.45, 7) is 5.29. The van der Waals surface area contributed by atoms with Crippen LogP contribution in [0.5, 0.6) is 0 Å². The van der Waals surface area contributed by atoms with Crippen molar-refractivity contribution in [1.82, 2.24) is 4.98 Å². The molecule has 1 aromatic heterocycles. The van der Waals surface area contributed by atoms with Crippen molar-refractivity contribution in [3.63, 3.8) is 0 Å². The van der Waals surface area contributed by atoms with Gasteiger partial charge in [-0.2, -0.15) is 5.26 Å². The predicted octanol–water partition coefficient (Wildman–Crippen LogP) is 4.81. The number of rotatable bonds is 2. The van der Waals surface area contributed by atoms with E-state index in [0.717, 1.165) is 5.56 Å². The summed E-state index contributed by atoms with van der Waals surface area (Å²) in [5.41, 5.74) is 1.85. The molecule has 22 heavy (non-hydrogen) atoms. The summed E-state index contributed by atoms with van der Waals surface area (Å²) >= 11 is 1.29. The van der Waals surface area contributed by atoms with Gasteiger partial charge in [0.2, 0.25) is 0 Å². The zero-order valence-electron chi connectivity index (χ0n) is 11.7. The summed E-state index contributed by atoms with van der Waals surface area (Å²) in [6, 6.07) is 9.98. The van der Waals surface area contributed by atoms with Gasteiger partial charge in [-0.15, -0.1) is 11.3 Å². The van der Waals surface area contributed by atoms with E-state index in [4.69, 9.17) is 0 Å². The number of thiazole rings is 1. The average Bonchev–Trinajstić information content (AvgIpc) is 2.87. The fourth-order valence-electron chi connectivity index (χ4n) is 2.34. The minimum atomic E-state index is -0.353. The van der Waals surface area contributed by atoms with Crippen LogP contribution < -0.4 is 0 Å². The van der Waals surface area contributed by atoms with Crippen LogP contribution in [-0.4, -0.2) is 10.1 Å². The Balaban J connectivity index is 2.25. The van der Waals surface area contributed by atoms with E-state index in [0.29, 0.717) is 31.9 Å². The molecule has 2 aromatic carbocycles. The summed E-state index contributed by atoms with van der Waals surface area (Å²) in [5.74, 6) is -0.387. The van der Waals surface area contributed by atoms with Gasteiger partial charge in [0.1, 0.15) is 16.6 Å². The highest BCUT2D eigenvalue weighted by Crippen LogP contribution is 2.34. The predicted molar refractivity (Wildman–Crippen MR) is 86.1 cm³/mol. The molecule has 1 N–H and O–H groups in total. The van der Waals surface area contributed by atoms with Crippen LogP contribution in [0.3, 0.4) is 0 Å². The molecule has 3 aromatic rings. The van der Waals surface area contributed by atoms with Gasteiger partial charge in [0.25, 0.3) is 0 Å². The van der Waals surface area contributed by atoms with Crippen LogP contribution in [0.15, 0.2) is 36.9 Å². The van der Waals surface area contributed by atoms with Crippen LogP contribution in [-0.2, 0) is 0 Å². The first-order valence-electron chi connectivity index (χ1n) is 6.49. The Kier molecular flexibility index (Phi) is 3.39. The maximum absolute atomic E-state index is 13.4. The third kappa shape index (κ3) is 2.34. The second-order valence-electron chi connectivity index (χ2n) is 4.88. The molecule has 0 bridgehead atoms. The molecule has 5 heteroatoms. The Morgan fingerprint density at radius 1 is 1.36 bits per heavy atom. The lowest BCUT2D eigenvalue weighted by atomic mass is 10.0. The lowest BCUT2D eigenvalue weighted by Gasteiger charge is -2.04. The molecule has 3 rings (SSSR count). The first-order valence-corrected chi connectivity index (χ1v) is 7.30. The minimum absolute atomic E-state index is 0.0337. The minimum Gasteiger partial charge on any atom is -0.507 e. The number of aliphatic hydroxyl groups is 1. The molecule has 0 atom stereocenters. The van der Waals surface area contributed by atoms with Crippen LogP contribution in [0.2, 0.25) is 0 Å². The molecule has 0 fully saturated rings. The third-order valence-corrected chi connectivity index (χ3v) is 4.60. The number of nitriles is 1. The molecule has 108 valence electrons. The lowest BCUT2D eigenvalue weighted by molar-refractivity contribution is 0.515. The zero-order chi connectivity index (χ0) is 15.9. The van der Waals surface area contributed by atoms with Gasteiger partial charge in [0.15, 0.2) is 0 Å². The molecular weight excluding hydrogens is 299 g/mol. The van der Waals surface area contributed by atoms with Gasteiger partial charge in [-0.3, -0.25) is 0 Å². The Labute approximate surface area is 130 Å². The fraction of sp³-hybridized carbons (Fsp3) is 0.0588. The molecule has 0 spiro atoms. The van der Waals surface area contributed by atoms with Crippen LogP contribution in [0.25, 0.3) is 27.1 Å². The lowest BCUT2D eigenvalue weighted by Crippen LogP contribution is -1.85. The Morgan fingerprint density at radius 2 is 2.14 bits per heavy atom. The van der Waals surface area contributed by atoms with Crippen molar-refractivity contribution in [3.05, 3.63) is 58.9 Å². The van der Waals surface area contributed by atoms with Crippen molar-refractivity contribution in [1.29, 1.82) is 5.26 Å². The molecule has 0 radical (unpaired) electrons. The summed E-state index contributed by atoms with van der Waals surface area (Å²) in [4.78, 5) is 5.01. The van der Waals surface area contributed by atoms with Crippen molar-refractivity contribution in [2.45, 2.75) is 6.92 Å². The summed E-state index contributed by atoms with van der Waals surface area (Å²) in [7, 11) is 0. The molecule has 0 aliphatic carbocycles. The van der Waals surface area contributed by atoms with E-state index in [2.05, 4.69) is 17.6 Å². The summed E-state index contributed by atoms with van der Waals surface area (Å²) in [6.07, 6.45) is 0. The van der Waals surface area contributed by atoms with Crippen LogP contribution in [0.4, 0.5) is 4.39 Å². The number of benzene rings is 2. The first-order chi connectivity index (χ1) is 10.5. The van der Waals surface area contributed by atoms with Gasteiger partial charge >= 0.3 is 0 Å².